The fourth-order valence-electron chi connectivity index (χ4n) is 2.14. The zero-order chi connectivity index (χ0) is 15.2. The van der Waals surface area contributed by atoms with E-state index >= 15 is 0 Å². The summed E-state index contributed by atoms with van der Waals surface area (Å²) >= 11 is 5.75. The molecule has 0 bridgehead atoms. The lowest BCUT2D eigenvalue weighted by molar-refractivity contribution is 0.0187. The van der Waals surface area contributed by atoms with E-state index in [0.29, 0.717) is 18.2 Å². The molecule has 3 N–H and O–H groups in total. The number of carbonyl (C=O) groups excluding carboxylic acids is 1. The van der Waals surface area contributed by atoms with Crippen molar-refractivity contribution in [3.8, 4) is 0 Å². The van der Waals surface area contributed by atoms with Crippen LogP contribution in [0.5, 0.6) is 0 Å². The van der Waals surface area contributed by atoms with Crippen molar-refractivity contribution in [2.75, 3.05) is 18.5 Å². The molecule has 1 fully saturated rings. The number of ether oxygens (including phenoxy) is 1. The molecule has 0 aliphatic carbocycles. The van der Waals surface area contributed by atoms with Crippen LogP contribution in [0.25, 0.3) is 0 Å². The molecule has 2 amide bonds. The van der Waals surface area contributed by atoms with E-state index in [1.807, 2.05) is 0 Å². The fraction of sp³-hybridized carbons (Fsp3) is 0.429. The number of anilines is 1. The minimum atomic E-state index is -1.15. The van der Waals surface area contributed by atoms with Crippen molar-refractivity contribution in [3.63, 3.8) is 0 Å². The van der Waals surface area contributed by atoms with Gasteiger partial charge in [-0.1, -0.05) is 11.6 Å². The van der Waals surface area contributed by atoms with Gasteiger partial charge in [0.2, 0.25) is 0 Å². The van der Waals surface area contributed by atoms with Crippen LogP contribution < -0.4 is 10.6 Å². The number of benzene rings is 1. The maximum atomic E-state index is 11.8. The SMILES string of the molecule is O=C(NCC1CCCCO1)Nc1ccc(Cl)cc1C(=O)O. The quantitative estimate of drug-likeness (QED) is 0.797. The molecule has 1 aromatic carbocycles. The maximum absolute atomic E-state index is 11.8. The predicted molar refractivity (Wildman–Crippen MR) is 79.0 cm³/mol. The molecule has 1 aliphatic heterocycles. The molecule has 1 aromatic rings. The second-order valence-corrected chi connectivity index (χ2v) is 5.26. The lowest BCUT2D eigenvalue weighted by atomic mass is 10.1. The van der Waals surface area contributed by atoms with Gasteiger partial charge in [0, 0.05) is 18.2 Å². The summed E-state index contributed by atoms with van der Waals surface area (Å²) in [6.07, 6.45) is 3.08. The van der Waals surface area contributed by atoms with Gasteiger partial charge in [-0.15, -0.1) is 0 Å². The molecule has 0 radical (unpaired) electrons. The zero-order valence-corrected chi connectivity index (χ0v) is 12.2. The molecule has 1 atom stereocenters. The van der Waals surface area contributed by atoms with E-state index < -0.39 is 12.0 Å². The molecule has 1 heterocycles. The van der Waals surface area contributed by atoms with Crippen LogP contribution in [0.4, 0.5) is 10.5 Å². The van der Waals surface area contributed by atoms with Crippen LogP contribution in [0.2, 0.25) is 5.02 Å². The van der Waals surface area contributed by atoms with E-state index in [-0.39, 0.29) is 17.4 Å². The van der Waals surface area contributed by atoms with Crippen LogP contribution in [-0.4, -0.2) is 36.4 Å². The smallest absolute Gasteiger partial charge is 0.337 e. The summed E-state index contributed by atoms with van der Waals surface area (Å²) in [6.45, 7) is 1.12. The first-order chi connectivity index (χ1) is 10.1. The van der Waals surface area contributed by atoms with Gasteiger partial charge in [-0.05, 0) is 37.5 Å². The van der Waals surface area contributed by atoms with Crippen LogP contribution in [0.15, 0.2) is 18.2 Å². The summed E-state index contributed by atoms with van der Waals surface area (Å²) in [4.78, 5) is 22.9. The highest BCUT2D eigenvalue weighted by atomic mass is 35.5. The van der Waals surface area contributed by atoms with E-state index in [1.54, 1.807) is 0 Å². The lowest BCUT2D eigenvalue weighted by Crippen LogP contribution is -2.38. The monoisotopic (exact) mass is 312 g/mol. The molecule has 2 rings (SSSR count). The van der Waals surface area contributed by atoms with Crippen LogP contribution in [-0.2, 0) is 4.74 Å². The summed E-state index contributed by atoms with van der Waals surface area (Å²) in [5.74, 6) is -1.15. The number of amides is 2. The lowest BCUT2D eigenvalue weighted by Gasteiger charge is -2.22. The van der Waals surface area contributed by atoms with Gasteiger partial charge < -0.3 is 20.5 Å². The molecule has 0 aromatic heterocycles. The van der Waals surface area contributed by atoms with Crippen LogP contribution in [0.3, 0.4) is 0 Å². The Morgan fingerprint density at radius 3 is 2.86 bits per heavy atom. The number of carboxylic acids is 1. The van der Waals surface area contributed by atoms with Crippen molar-refractivity contribution >= 4 is 29.3 Å². The van der Waals surface area contributed by atoms with E-state index in [0.717, 1.165) is 19.3 Å². The first-order valence-electron chi connectivity index (χ1n) is 6.75. The number of halogens is 1. The van der Waals surface area contributed by atoms with Gasteiger partial charge in [0.15, 0.2) is 0 Å². The topological polar surface area (TPSA) is 87.7 Å². The molecular formula is C14H17ClN2O4. The Bertz CT molecular complexity index is 530. The molecule has 1 saturated heterocycles. The van der Waals surface area contributed by atoms with Crippen molar-refractivity contribution in [1.82, 2.24) is 5.32 Å². The molecule has 1 aliphatic rings. The van der Waals surface area contributed by atoms with Gasteiger partial charge >= 0.3 is 12.0 Å². The maximum Gasteiger partial charge on any atom is 0.337 e. The average Bonchev–Trinajstić information content (AvgIpc) is 2.48. The zero-order valence-electron chi connectivity index (χ0n) is 11.4. The number of rotatable bonds is 4. The van der Waals surface area contributed by atoms with E-state index in [2.05, 4.69) is 10.6 Å². The van der Waals surface area contributed by atoms with Crippen molar-refractivity contribution in [3.05, 3.63) is 28.8 Å². The predicted octanol–water partition coefficient (Wildman–Crippen LogP) is 2.73. The third-order valence-corrected chi connectivity index (χ3v) is 3.46. The summed E-state index contributed by atoms with van der Waals surface area (Å²) in [5, 5.41) is 14.6. The Kier molecular flexibility index (Phi) is 5.41. The summed E-state index contributed by atoms with van der Waals surface area (Å²) in [5.41, 5.74) is 0.153. The fourth-order valence-corrected chi connectivity index (χ4v) is 2.32. The van der Waals surface area contributed by atoms with Crippen LogP contribution >= 0.6 is 11.6 Å². The Morgan fingerprint density at radius 2 is 2.19 bits per heavy atom. The molecule has 6 nitrogen and oxygen atoms in total. The van der Waals surface area contributed by atoms with Crippen molar-refractivity contribution in [1.29, 1.82) is 0 Å². The third kappa shape index (κ3) is 4.61. The number of hydrogen-bond donors (Lipinski definition) is 3. The van der Waals surface area contributed by atoms with E-state index in [9.17, 15) is 9.59 Å². The summed E-state index contributed by atoms with van der Waals surface area (Å²) in [7, 11) is 0. The standard InChI is InChI=1S/C14H17ClN2O4/c15-9-4-5-12(11(7-9)13(18)19)17-14(20)16-8-10-3-1-2-6-21-10/h4-5,7,10H,1-3,6,8H2,(H,18,19)(H2,16,17,20). The largest absolute Gasteiger partial charge is 0.478 e. The Balaban J connectivity index is 1.91. The summed E-state index contributed by atoms with van der Waals surface area (Å²) in [6, 6.07) is 3.81. The molecule has 0 spiro atoms. The molecule has 0 saturated carbocycles. The highest BCUT2D eigenvalue weighted by molar-refractivity contribution is 6.31. The van der Waals surface area contributed by atoms with Gasteiger partial charge in [-0.2, -0.15) is 0 Å². The van der Waals surface area contributed by atoms with Gasteiger partial charge in [0.1, 0.15) is 0 Å². The van der Waals surface area contributed by atoms with E-state index in [4.69, 9.17) is 21.4 Å². The number of nitrogens with one attached hydrogen (secondary N) is 2. The number of carbonyl (C=O) groups is 2. The van der Waals surface area contributed by atoms with Crippen LogP contribution in [0, 0.1) is 0 Å². The van der Waals surface area contributed by atoms with Gasteiger partial charge in [0.25, 0.3) is 0 Å². The third-order valence-electron chi connectivity index (χ3n) is 3.22. The van der Waals surface area contributed by atoms with Crippen molar-refractivity contribution < 1.29 is 19.4 Å². The highest BCUT2D eigenvalue weighted by Crippen LogP contribution is 2.20. The van der Waals surface area contributed by atoms with Gasteiger partial charge in [-0.25, -0.2) is 9.59 Å². The summed E-state index contributed by atoms with van der Waals surface area (Å²) < 4.78 is 5.50. The first kappa shape index (κ1) is 15.6. The minimum Gasteiger partial charge on any atom is -0.478 e. The molecule has 7 heteroatoms. The van der Waals surface area contributed by atoms with Crippen molar-refractivity contribution in [2.45, 2.75) is 25.4 Å². The highest BCUT2D eigenvalue weighted by Gasteiger charge is 2.16. The average molecular weight is 313 g/mol. The van der Waals surface area contributed by atoms with Gasteiger partial charge in [0.05, 0.1) is 17.4 Å². The minimum absolute atomic E-state index is 0.0219. The van der Waals surface area contributed by atoms with Crippen LogP contribution in [0.1, 0.15) is 29.6 Å². The molecule has 114 valence electrons. The second kappa shape index (κ2) is 7.28. The number of hydrogen-bond acceptors (Lipinski definition) is 3. The number of aromatic carboxylic acids is 1. The van der Waals surface area contributed by atoms with Crippen molar-refractivity contribution in [2.24, 2.45) is 0 Å². The Labute approximate surface area is 127 Å². The number of carboxylic acid groups (broad SMARTS) is 1. The number of urea groups is 1. The second-order valence-electron chi connectivity index (χ2n) is 4.82. The molecular weight excluding hydrogens is 296 g/mol. The molecule has 1 unspecified atom stereocenters. The van der Waals surface area contributed by atoms with Gasteiger partial charge in [-0.3, -0.25) is 0 Å². The first-order valence-corrected chi connectivity index (χ1v) is 7.13. The Hall–Kier alpha value is -1.79. The molecule has 21 heavy (non-hydrogen) atoms. The van der Waals surface area contributed by atoms with E-state index in [1.165, 1.54) is 18.2 Å². The normalized spacial score (nSPS) is 18.0. The Morgan fingerprint density at radius 1 is 1.38 bits per heavy atom.